The molecular weight excluding hydrogens is 383 g/mol. The maximum atomic E-state index is 12.0. The lowest BCUT2D eigenvalue weighted by Gasteiger charge is -2.22. The van der Waals surface area contributed by atoms with E-state index in [2.05, 4.69) is 5.32 Å². The molecule has 134 valence electrons. The van der Waals surface area contributed by atoms with Crippen molar-refractivity contribution in [1.82, 2.24) is 0 Å². The zero-order chi connectivity index (χ0) is 18.4. The van der Waals surface area contributed by atoms with Gasteiger partial charge in [0, 0.05) is 18.0 Å². The summed E-state index contributed by atoms with van der Waals surface area (Å²) in [4.78, 5) is 12.0. The van der Waals surface area contributed by atoms with E-state index < -0.39 is 10.0 Å². The van der Waals surface area contributed by atoms with Crippen molar-refractivity contribution >= 4 is 50.5 Å². The predicted octanol–water partition coefficient (Wildman–Crippen LogP) is 4.18. The zero-order valence-electron chi connectivity index (χ0n) is 13.6. The maximum absolute atomic E-state index is 12.0. The lowest BCUT2D eigenvalue weighted by Crippen LogP contribution is -2.31. The number of rotatable bonds is 7. The average Bonchev–Trinajstić information content (AvgIpc) is 2.54. The molecule has 0 aromatic heterocycles. The van der Waals surface area contributed by atoms with E-state index in [-0.39, 0.29) is 18.9 Å². The molecule has 0 spiro atoms. The Morgan fingerprint density at radius 3 is 2.32 bits per heavy atom. The van der Waals surface area contributed by atoms with E-state index in [9.17, 15) is 13.2 Å². The number of carbonyl (C=O) groups is 1. The minimum absolute atomic E-state index is 0.171. The Morgan fingerprint density at radius 1 is 1.08 bits per heavy atom. The topological polar surface area (TPSA) is 66.5 Å². The summed E-state index contributed by atoms with van der Waals surface area (Å²) in [5, 5.41) is 3.69. The van der Waals surface area contributed by atoms with Gasteiger partial charge in [-0.2, -0.15) is 0 Å². The fourth-order valence-electron chi connectivity index (χ4n) is 2.25. The summed E-state index contributed by atoms with van der Waals surface area (Å²) in [5.74, 6) is -0.224. The number of hydrogen-bond acceptors (Lipinski definition) is 3. The Balaban J connectivity index is 1.96. The van der Waals surface area contributed by atoms with Crippen LogP contribution in [0.15, 0.2) is 48.5 Å². The highest BCUT2D eigenvalue weighted by molar-refractivity contribution is 7.92. The van der Waals surface area contributed by atoms with Crippen molar-refractivity contribution < 1.29 is 13.2 Å². The van der Waals surface area contributed by atoms with Gasteiger partial charge in [0.2, 0.25) is 15.9 Å². The fourth-order valence-corrected chi connectivity index (χ4v) is 3.53. The molecule has 1 N–H and O–H groups in total. The third-order valence-corrected chi connectivity index (χ3v) is 5.20. The standard InChI is InChI=1S/C17H18Cl2N2O3S/c1-25(23,24)21(14-10-8-13(18)9-11-14)12-4-7-17(22)20-16-6-3-2-5-15(16)19/h2-3,5-6,8-11H,4,7,12H2,1H3,(H,20,22). The van der Waals surface area contributed by atoms with Gasteiger partial charge in [-0.15, -0.1) is 0 Å². The molecule has 0 aliphatic carbocycles. The summed E-state index contributed by atoms with van der Waals surface area (Å²) in [5.41, 5.74) is 1.05. The van der Waals surface area contributed by atoms with Gasteiger partial charge in [0.05, 0.1) is 22.7 Å². The van der Waals surface area contributed by atoms with Crippen LogP contribution in [0.3, 0.4) is 0 Å². The van der Waals surface area contributed by atoms with E-state index in [1.807, 2.05) is 0 Å². The third-order valence-electron chi connectivity index (χ3n) is 3.43. The van der Waals surface area contributed by atoms with Crippen LogP contribution < -0.4 is 9.62 Å². The lowest BCUT2D eigenvalue weighted by molar-refractivity contribution is -0.116. The second-order valence-electron chi connectivity index (χ2n) is 5.44. The van der Waals surface area contributed by atoms with E-state index in [0.717, 1.165) is 6.26 Å². The Morgan fingerprint density at radius 2 is 1.72 bits per heavy atom. The first kappa shape index (κ1) is 19.6. The highest BCUT2D eigenvalue weighted by Gasteiger charge is 2.17. The number of halogens is 2. The zero-order valence-corrected chi connectivity index (χ0v) is 15.9. The molecule has 8 heteroatoms. The SMILES string of the molecule is CS(=O)(=O)N(CCCC(=O)Nc1ccccc1Cl)c1ccc(Cl)cc1. The van der Waals surface area contributed by atoms with Crippen LogP contribution in [-0.2, 0) is 14.8 Å². The van der Waals surface area contributed by atoms with Crippen LogP contribution in [0.4, 0.5) is 11.4 Å². The first-order valence-corrected chi connectivity index (χ1v) is 10.2. The second kappa shape index (κ2) is 8.56. The highest BCUT2D eigenvalue weighted by Crippen LogP contribution is 2.22. The number of para-hydroxylation sites is 1. The largest absolute Gasteiger partial charge is 0.325 e. The third kappa shape index (κ3) is 5.92. The van der Waals surface area contributed by atoms with Crippen LogP contribution >= 0.6 is 23.2 Å². The quantitative estimate of drug-likeness (QED) is 0.757. The molecule has 2 aromatic rings. The van der Waals surface area contributed by atoms with Crippen LogP contribution in [0.5, 0.6) is 0 Å². The molecule has 0 heterocycles. The molecule has 0 bridgehead atoms. The molecular formula is C17H18Cl2N2O3S. The van der Waals surface area contributed by atoms with Gasteiger partial charge >= 0.3 is 0 Å². The van der Waals surface area contributed by atoms with Crippen molar-refractivity contribution in [2.24, 2.45) is 0 Å². The number of amides is 1. The molecule has 2 rings (SSSR count). The molecule has 1 amide bonds. The van der Waals surface area contributed by atoms with Crippen LogP contribution in [0.1, 0.15) is 12.8 Å². The van der Waals surface area contributed by atoms with Crippen molar-refractivity contribution in [3.8, 4) is 0 Å². The van der Waals surface area contributed by atoms with Gasteiger partial charge in [0.1, 0.15) is 0 Å². The maximum Gasteiger partial charge on any atom is 0.232 e. The first-order valence-electron chi connectivity index (χ1n) is 7.55. The van der Waals surface area contributed by atoms with E-state index in [0.29, 0.717) is 27.8 Å². The first-order chi connectivity index (χ1) is 11.8. The normalized spacial score (nSPS) is 11.2. The van der Waals surface area contributed by atoms with Gasteiger partial charge in [0.15, 0.2) is 0 Å². The van der Waals surface area contributed by atoms with Gasteiger partial charge in [-0.1, -0.05) is 35.3 Å². The number of nitrogens with one attached hydrogen (secondary N) is 1. The van der Waals surface area contributed by atoms with E-state index in [1.165, 1.54) is 4.31 Å². The fraction of sp³-hybridized carbons (Fsp3) is 0.235. The Hall–Kier alpha value is -1.76. The van der Waals surface area contributed by atoms with Crippen molar-refractivity contribution in [2.75, 3.05) is 22.4 Å². The smallest absolute Gasteiger partial charge is 0.232 e. The van der Waals surface area contributed by atoms with Crippen LogP contribution in [0.2, 0.25) is 10.0 Å². The van der Waals surface area contributed by atoms with Gasteiger partial charge < -0.3 is 5.32 Å². The van der Waals surface area contributed by atoms with Gasteiger partial charge in [-0.05, 0) is 42.8 Å². The summed E-state index contributed by atoms with van der Waals surface area (Å²) in [7, 11) is -3.46. The van der Waals surface area contributed by atoms with Crippen molar-refractivity contribution in [3.63, 3.8) is 0 Å². The number of hydrogen-bond donors (Lipinski definition) is 1. The molecule has 25 heavy (non-hydrogen) atoms. The van der Waals surface area contributed by atoms with Crippen molar-refractivity contribution in [2.45, 2.75) is 12.8 Å². The summed E-state index contributed by atoms with van der Waals surface area (Å²) in [6, 6.07) is 13.4. The molecule has 2 aromatic carbocycles. The van der Waals surface area contributed by atoms with E-state index in [4.69, 9.17) is 23.2 Å². The van der Waals surface area contributed by atoms with E-state index >= 15 is 0 Å². The van der Waals surface area contributed by atoms with Crippen LogP contribution in [0.25, 0.3) is 0 Å². The minimum Gasteiger partial charge on any atom is -0.325 e. The summed E-state index contributed by atoms with van der Waals surface area (Å²) in [6.07, 6.45) is 1.67. The van der Waals surface area contributed by atoms with Crippen LogP contribution in [-0.4, -0.2) is 27.1 Å². The molecule has 0 atom stereocenters. The Bertz CT molecular complexity index is 839. The van der Waals surface area contributed by atoms with E-state index in [1.54, 1.807) is 48.5 Å². The summed E-state index contributed by atoms with van der Waals surface area (Å²) in [6.45, 7) is 0.191. The van der Waals surface area contributed by atoms with Crippen LogP contribution in [0, 0.1) is 0 Å². The number of nitrogens with zero attached hydrogens (tertiary/aromatic N) is 1. The highest BCUT2D eigenvalue weighted by atomic mass is 35.5. The van der Waals surface area contributed by atoms with Crippen molar-refractivity contribution in [1.29, 1.82) is 0 Å². The molecule has 0 aliphatic heterocycles. The monoisotopic (exact) mass is 400 g/mol. The van der Waals surface area contributed by atoms with Gasteiger partial charge in [-0.25, -0.2) is 8.42 Å². The summed E-state index contributed by atoms with van der Waals surface area (Å²) < 4.78 is 25.3. The molecule has 0 saturated heterocycles. The number of sulfonamides is 1. The number of carbonyl (C=O) groups excluding carboxylic acids is 1. The molecule has 0 radical (unpaired) electrons. The lowest BCUT2D eigenvalue weighted by atomic mass is 10.2. The molecule has 0 saturated carbocycles. The Kier molecular flexibility index (Phi) is 6.70. The molecule has 0 fully saturated rings. The predicted molar refractivity (Wildman–Crippen MR) is 103 cm³/mol. The minimum atomic E-state index is -3.46. The molecule has 0 aliphatic rings. The average molecular weight is 401 g/mol. The summed E-state index contributed by atoms with van der Waals surface area (Å²) >= 11 is 11.8. The van der Waals surface area contributed by atoms with Crippen molar-refractivity contribution in [3.05, 3.63) is 58.6 Å². The molecule has 5 nitrogen and oxygen atoms in total. The van der Waals surface area contributed by atoms with Gasteiger partial charge in [-0.3, -0.25) is 9.10 Å². The number of benzene rings is 2. The second-order valence-corrected chi connectivity index (χ2v) is 8.19. The Labute approximate surface area is 157 Å². The molecule has 0 unspecified atom stereocenters. The van der Waals surface area contributed by atoms with Gasteiger partial charge in [0.25, 0.3) is 0 Å². The number of anilines is 2.